The molecule has 3 heteroatoms. The molecular weight excluding hydrogens is 204 g/mol. The second kappa shape index (κ2) is 4.85. The molecule has 0 saturated carbocycles. The Kier molecular flexibility index (Phi) is 3.46. The van der Waals surface area contributed by atoms with Crippen LogP contribution >= 0.6 is 0 Å². The molecule has 1 aromatic carbocycles. The Labute approximate surface area is 96.0 Å². The molecule has 0 unspecified atom stereocenters. The van der Waals surface area contributed by atoms with Crippen molar-refractivity contribution in [3.05, 3.63) is 29.8 Å². The van der Waals surface area contributed by atoms with E-state index in [4.69, 9.17) is 9.47 Å². The first-order chi connectivity index (χ1) is 7.74. The molecule has 1 aromatic rings. The predicted octanol–water partition coefficient (Wildman–Crippen LogP) is 2.13. The minimum Gasteiger partial charge on any atom is -0.508 e. The van der Waals surface area contributed by atoms with Gasteiger partial charge in [0.1, 0.15) is 5.75 Å². The van der Waals surface area contributed by atoms with Gasteiger partial charge in [-0.1, -0.05) is 12.1 Å². The largest absolute Gasteiger partial charge is 0.508 e. The molecular formula is C13H18O3. The van der Waals surface area contributed by atoms with Crippen LogP contribution in [0.15, 0.2) is 24.3 Å². The Hall–Kier alpha value is -1.06. The van der Waals surface area contributed by atoms with Crippen LogP contribution in [-0.2, 0) is 15.9 Å². The molecule has 0 aromatic heterocycles. The molecule has 88 valence electrons. The van der Waals surface area contributed by atoms with E-state index in [2.05, 4.69) is 0 Å². The number of benzene rings is 1. The van der Waals surface area contributed by atoms with Crippen LogP contribution in [0.3, 0.4) is 0 Å². The minimum atomic E-state index is -0.119. The van der Waals surface area contributed by atoms with Gasteiger partial charge >= 0.3 is 0 Å². The monoisotopic (exact) mass is 222 g/mol. The van der Waals surface area contributed by atoms with E-state index in [0.717, 1.165) is 38.0 Å². The van der Waals surface area contributed by atoms with Crippen LogP contribution in [0.1, 0.15) is 18.4 Å². The first-order valence-electron chi connectivity index (χ1n) is 5.65. The van der Waals surface area contributed by atoms with Crippen LogP contribution in [0.4, 0.5) is 0 Å². The standard InChI is InChI=1S/C13H18O3/c1-15-13(5-7-16-8-6-13)10-11-3-2-4-12(14)9-11/h2-4,9,14H,5-8,10H2,1H3. The van der Waals surface area contributed by atoms with Gasteiger partial charge in [0, 0.05) is 39.6 Å². The summed E-state index contributed by atoms with van der Waals surface area (Å²) >= 11 is 0. The van der Waals surface area contributed by atoms with Crippen LogP contribution in [0.25, 0.3) is 0 Å². The lowest BCUT2D eigenvalue weighted by Crippen LogP contribution is -2.40. The van der Waals surface area contributed by atoms with Crippen molar-refractivity contribution in [3.8, 4) is 5.75 Å². The van der Waals surface area contributed by atoms with Gasteiger partial charge in [-0.15, -0.1) is 0 Å². The molecule has 0 bridgehead atoms. The van der Waals surface area contributed by atoms with Crippen LogP contribution in [0.5, 0.6) is 5.75 Å². The molecule has 1 N–H and O–H groups in total. The summed E-state index contributed by atoms with van der Waals surface area (Å²) in [5, 5.41) is 9.43. The van der Waals surface area contributed by atoms with Crippen molar-refractivity contribution in [1.82, 2.24) is 0 Å². The molecule has 16 heavy (non-hydrogen) atoms. The van der Waals surface area contributed by atoms with Gasteiger partial charge in [0.05, 0.1) is 5.60 Å². The highest BCUT2D eigenvalue weighted by Crippen LogP contribution is 2.29. The number of phenols is 1. The van der Waals surface area contributed by atoms with Crippen molar-refractivity contribution in [3.63, 3.8) is 0 Å². The fraction of sp³-hybridized carbons (Fsp3) is 0.538. The minimum absolute atomic E-state index is 0.119. The van der Waals surface area contributed by atoms with Crippen molar-refractivity contribution in [2.45, 2.75) is 24.9 Å². The van der Waals surface area contributed by atoms with Gasteiger partial charge < -0.3 is 14.6 Å². The molecule has 3 nitrogen and oxygen atoms in total. The van der Waals surface area contributed by atoms with Gasteiger partial charge in [-0.25, -0.2) is 0 Å². The molecule has 1 aliphatic rings. The predicted molar refractivity (Wildman–Crippen MR) is 61.6 cm³/mol. The highest BCUT2D eigenvalue weighted by atomic mass is 16.5. The number of ether oxygens (including phenoxy) is 2. The molecule has 0 aliphatic carbocycles. The summed E-state index contributed by atoms with van der Waals surface area (Å²) in [4.78, 5) is 0. The zero-order chi connectivity index (χ0) is 11.4. The normalized spacial score (nSPS) is 19.6. The van der Waals surface area contributed by atoms with Gasteiger partial charge in [-0.05, 0) is 17.7 Å². The van der Waals surface area contributed by atoms with Crippen LogP contribution in [0.2, 0.25) is 0 Å². The first kappa shape index (κ1) is 11.4. The number of rotatable bonds is 3. The topological polar surface area (TPSA) is 38.7 Å². The van der Waals surface area contributed by atoms with E-state index in [1.54, 1.807) is 19.2 Å². The zero-order valence-corrected chi connectivity index (χ0v) is 9.61. The van der Waals surface area contributed by atoms with Crippen LogP contribution in [-0.4, -0.2) is 31.0 Å². The second-order valence-corrected chi connectivity index (χ2v) is 4.35. The highest BCUT2D eigenvalue weighted by Gasteiger charge is 2.32. The maximum atomic E-state index is 9.43. The van der Waals surface area contributed by atoms with Crippen molar-refractivity contribution >= 4 is 0 Å². The van der Waals surface area contributed by atoms with Crippen LogP contribution in [0, 0.1) is 0 Å². The number of hydrogen-bond acceptors (Lipinski definition) is 3. The molecule has 0 atom stereocenters. The van der Waals surface area contributed by atoms with Crippen molar-refractivity contribution < 1.29 is 14.6 Å². The van der Waals surface area contributed by atoms with Crippen molar-refractivity contribution in [2.24, 2.45) is 0 Å². The fourth-order valence-electron chi connectivity index (χ4n) is 2.23. The molecule has 1 fully saturated rings. The van der Waals surface area contributed by atoms with Gasteiger partial charge in [0.15, 0.2) is 0 Å². The fourth-order valence-corrected chi connectivity index (χ4v) is 2.23. The lowest BCUT2D eigenvalue weighted by atomic mass is 9.87. The molecule has 1 heterocycles. The molecule has 0 radical (unpaired) electrons. The Morgan fingerprint density at radius 3 is 2.75 bits per heavy atom. The quantitative estimate of drug-likeness (QED) is 0.851. The molecule has 1 saturated heterocycles. The maximum Gasteiger partial charge on any atom is 0.115 e. The third-order valence-electron chi connectivity index (χ3n) is 3.27. The molecule has 2 rings (SSSR count). The number of hydrogen-bond donors (Lipinski definition) is 1. The summed E-state index contributed by atoms with van der Waals surface area (Å²) in [6, 6.07) is 7.38. The van der Waals surface area contributed by atoms with E-state index >= 15 is 0 Å². The summed E-state index contributed by atoms with van der Waals surface area (Å²) in [6.07, 6.45) is 2.67. The Bertz CT molecular complexity index is 343. The van der Waals surface area contributed by atoms with E-state index in [1.165, 1.54) is 0 Å². The lowest BCUT2D eigenvalue weighted by molar-refractivity contribution is -0.0888. The van der Waals surface area contributed by atoms with E-state index in [1.807, 2.05) is 12.1 Å². The van der Waals surface area contributed by atoms with Crippen molar-refractivity contribution in [1.29, 1.82) is 0 Å². The molecule has 0 amide bonds. The number of phenolic OH excluding ortho intramolecular Hbond substituents is 1. The third-order valence-corrected chi connectivity index (χ3v) is 3.27. The average molecular weight is 222 g/mol. The Morgan fingerprint density at radius 1 is 1.38 bits per heavy atom. The molecule has 1 aliphatic heterocycles. The van der Waals surface area contributed by atoms with Gasteiger partial charge in [-0.2, -0.15) is 0 Å². The summed E-state index contributed by atoms with van der Waals surface area (Å²) < 4.78 is 11.0. The van der Waals surface area contributed by atoms with Gasteiger partial charge in [0.25, 0.3) is 0 Å². The number of methoxy groups -OCH3 is 1. The highest BCUT2D eigenvalue weighted by molar-refractivity contribution is 5.28. The lowest BCUT2D eigenvalue weighted by Gasteiger charge is -2.36. The van der Waals surface area contributed by atoms with Crippen LogP contribution < -0.4 is 0 Å². The Morgan fingerprint density at radius 2 is 2.12 bits per heavy atom. The first-order valence-corrected chi connectivity index (χ1v) is 5.65. The summed E-state index contributed by atoms with van der Waals surface area (Å²) in [5.41, 5.74) is 0.996. The summed E-state index contributed by atoms with van der Waals surface area (Å²) in [5.74, 6) is 0.316. The van der Waals surface area contributed by atoms with E-state index in [0.29, 0.717) is 5.75 Å². The zero-order valence-electron chi connectivity index (χ0n) is 9.61. The second-order valence-electron chi connectivity index (χ2n) is 4.35. The SMILES string of the molecule is COC1(Cc2cccc(O)c2)CCOCC1. The Balaban J connectivity index is 2.11. The molecule has 0 spiro atoms. The summed E-state index contributed by atoms with van der Waals surface area (Å²) in [6.45, 7) is 1.51. The van der Waals surface area contributed by atoms with Gasteiger partial charge in [-0.3, -0.25) is 0 Å². The smallest absolute Gasteiger partial charge is 0.115 e. The van der Waals surface area contributed by atoms with E-state index < -0.39 is 0 Å². The van der Waals surface area contributed by atoms with Crippen molar-refractivity contribution in [2.75, 3.05) is 20.3 Å². The summed E-state index contributed by atoms with van der Waals surface area (Å²) in [7, 11) is 1.76. The van der Waals surface area contributed by atoms with Gasteiger partial charge in [0.2, 0.25) is 0 Å². The average Bonchev–Trinajstić information content (AvgIpc) is 2.30. The van der Waals surface area contributed by atoms with E-state index in [9.17, 15) is 5.11 Å². The maximum absolute atomic E-state index is 9.43. The van der Waals surface area contributed by atoms with E-state index in [-0.39, 0.29) is 5.60 Å². The third kappa shape index (κ3) is 2.54. The number of aromatic hydroxyl groups is 1.